The zero-order valence-electron chi connectivity index (χ0n) is 17.4. The molecule has 0 saturated carbocycles. The normalized spacial score (nSPS) is 11.9. The number of amides is 2. The summed E-state index contributed by atoms with van der Waals surface area (Å²) in [5.74, 6) is -0.384. The highest BCUT2D eigenvalue weighted by Crippen LogP contribution is 2.25. The fraction of sp³-hybridized carbons (Fsp3) is 0.273. The molecule has 9 heteroatoms. The molecule has 0 bridgehead atoms. The molecule has 0 spiro atoms. The van der Waals surface area contributed by atoms with Crippen molar-refractivity contribution >= 4 is 57.5 Å². The summed E-state index contributed by atoms with van der Waals surface area (Å²) >= 11 is 7.29. The van der Waals surface area contributed by atoms with E-state index >= 15 is 0 Å². The molecule has 3 rings (SSSR count). The van der Waals surface area contributed by atoms with E-state index < -0.39 is 5.25 Å². The SMILES string of the molecule is CCCn1c(S[C@H](C)C(=O)Nc2ccc(NC(C)=O)cc2)nc2cc(Cl)ccc2c1=O. The zero-order chi connectivity index (χ0) is 22.5. The third-order valence-electron chi connectivity index (χ3n) is 4.45. The van der Waals surface area contributed by atoms with E-state index in [4.69, 9.17) is 11.6 Å². The van der Waals surface area contributed by atoms with Crippen LogP contribution >= 0.6 is 23.4 Å². The maximum absolute atomic E-state index is 12.9. The van der Waals surface area contributed by atoms with E-state index in [-0.39, 0.29) is 17.4 Å². The van der Waals surface area contributed by atoms with Gasteiger partial charge in [0.1, 0.15) is 0 Å². The quantitative estimate of drug-likeness (QED) is 0.400. The predicted octanol–water partition coefficient (Wildman–Crippen LogP) is 4.54. The van der Waals surface area contributed by atoms with Gasteiger partial charge in [-0.05, 0) is 55.8 Å². The number of hydrogen-bond donors (Lipinski definition) is 2. The van der Waals surface area contributed by atoms with Gasteiger partial charge in [-0.1, -0.05) is 30.3 Å². The molecule has 31 heavy (non-hydrogen) atoms. The zero-order valence-corrected chi connectivity index (χ0v) is 19.0. The second kappa shape index (κ2) is 9.98. The van der Waals surface area contributed by atoms with Crippen molar-refractivity contribution in [2.75, 3.05) is 10.6 Å². The summed E-state index contributed by atoms with van der Waals surface area (Å²) in [6.07, 6.45) is 0.759. The van der Waals surface area contributed by atoms with E-state index in [1.165, 1.54) is 18.7 Å². The number of benzene rings is 2. The van der Waals surface area contributed by atoms with Crippen LogP contribution in [0.2, 0.25) is 5.02 Å². The Morgan fingerprint density at radius 3 is 2.39 bits per heavy atom. The summed E-state index contributed by atoms with van der Waals surface area (Å²) < 4.78 is 1.60. The highest BCUT2D eigenvalue weighted by atomic mass is 35.5. The van der Waals surface area contributed by atoms with Crippen molar-refractivity contribution in [2.24, 2.45) is 0 Å². The van der Waals surface area contributed by atoms with Crippen LogP contribution in [0.15, 0.2) is 52.4 Å². The van der Waals surface area contributed by atoms with E-state index in [1.54, 1.807) is 54.0 Å². The molecular formula is C22H23ClN4O3S. The van der Waals surface area contributed by atoms with Crippen molar-refractivity contribution in [1.29, 1.82) is 0 Å². The molecule has 162 valence electrons. The number of carbonyl (C=O) groups is 2. The van der Waals surface area contributed by atoms with Gasteiger partial charge in [0, 0.05) is 29.9 Å². The first-order valence-electron chi connectivity index (χ1n) is 9.83. The van der Waals surface area contributed by atoms with Gasteiger partial charge in [-0.25, -0.2) is 4.98 Å². The van der Waals surface area contributed by atoms with Gasteiger partial charge in [-0.15, -0.1) is 0 Å². The maximum Gasteiger partial charge on any atom is 0.262 e. The predicted molar refractivity (Wildman–Crippen MR) is 126 cm³/mol. The lowest BCUT2D eigenvalue weighted by atomic mass is 10.2. The minimum atomic E-state index is -0.498. The number of aromatic nitrogens is 2. The smallest absolute Gasteiger partial charge is 0.262 e. The van der Waals surface area contributed by atoms with Crippen LogP contribution in [0.25, 0.3) is 10.9 Å². The maximum atomic E-state index is 12.9. The Labute approximate surface area is 189 Å². The van der Waals surface area contributed by atoms with Crippen LogP contribution in [-0.2, 0) is 16.1 Å². The molecule has 7 nitrogen and oxygen atoms in total. The van der Waals surface area contributed by atoms with Crippen LogP contribution < -0.4 is 16.2 Å². The summed E-state index contributed by atoms with van der Waals surface area (Å²) in [5.41, 5.74) is 1.62. The average Bonchev–Trinajstić information content (AvgIpc) is 2.71. The Bertz CT molecular complexity index is 1180. The monoisotopic (exact) mass is 458 g/mol. The number of fused-ring (bicyclic) bond motifs is 1. The molecule has 0 saturated heterocycles. The number of nitrogens with one attached hydrogen (secondary N) is 2. The van der Waals surface area contributed by atoms with E-state index in [2.05, 4.69) is 15.6 Å². The Morgan fingerprint density at radius 2 is 1.77 bits per heavy atom. The van der Waals surface area contributed by atoms with Gasteiger partial charge in [0.05, 0.1) is 16.2 Å². The molecule has 1 heterocycles. The van der Waals surface area contributed by atoms with Crippen molar-refractivity contribution in [1.82, 2.24) is 9.55 Å². The van der Waals surface area contributed by atoms with E-state index in [9.17, 15) is 14.4 Å². The number of carbonyl (C=O) groups excluding carboxylic acids is 2. The third kappa shape index (κ3) is 5.65. The molecule has 3 aromatic rings. The van der Waals surface area contributed by atoms with Gasteiger partial charge >= 0.3 is 0 Å². The van der Waals surface area contributed by atoms with Gasteiger partial charge in [0.15, 0.2) is 5.16 Å². The Hall–Kier alpha value is -2.84. The van der Waals surface area contributed by atoms with Crippen molar-refractivity contribution in [2.45, 2.75) is 44.1 Å². The second-order valence-electron chi connectivity index (χ2n) is 7.02. The van der Waals surface area contributed by atoms with Crippen LogP contribution in [0.4, 0.5) is 11.4 Å². The summed E-state index contributed by atoms with van der Waals surface area (Å²) in [4.78, 5) is 41.4. The number of hydrogen-bond acceptors (Lipinski definition) is 5. The first-order chi connectivity index (χ1) is 14.8. The van der Waals surface area contributed by atoms with E-state index in [0.717, 1.165) is 6.42 Å². The summed E-state index contributed by atoms with van der Waals surface area (Å²) in [6.45, 7) is 5.68. The minimum absolute atomic E-state index is 0.146. The van der Waals surface area contributed by atoms with Crippen molar-refractivity contribution < 1.29 is 9.59 Å². The molecule has 0 fully saturated rings. The van der Waals surface area contributed by atoms with Crippen molar-refractivity contribution in [3.05, 3.63) is 57.8 Å². The first kappa shape index (κ1) is 22.8. The summed E-state index contributed by atoms with van der Waals surface area (Å²) in [7, 11) is 0. The Morgan fingerprint density at radius 1 is 1.13 bits per heavy atom. The highest BCUT2D eigenvalue weighted by molar-refractivity contribution is 8.00. The first-order valence-corrected chi connectivity index (χ1v) is 11.1. The van der Waals surface area contributed by atoms with Gasteiger partial charge in [0.2, 0.25) is 11.8 Å². The molecule has 0 unspecified atom stereocenters. The minimum Gasteiger partial charge on any atom is -0.326 e. The lowest BCUT2D eigenvalue weighted by Crippen LogP contribution is -2.27. The summed E-state index contributed by atoms with van der Waals surface area (Å²) in [6, 6.07) is 11.8. The van der Waals surface area contributed by atoms with Crippen molar-refractivity contribution in [3.8, 4) is 0 Å². The second-order valence-corrected chi connectivity index (χ2v) is 8.76. The summed E-state index contributed by atoms with van der Waals surface area (Å²) in [5, 5.41) is 6.50. The lowest BCUT2D eigenvalue weighted by Gasteiger charge is -2.16. The molecule has 2 N–H and O–H groups in total. The number of halogens is 1. The number of anilines is 2. The van der Waals surface area contributed by atoms with Crippen LogP contribution in [-0.4, -0.2) is 26.6 Å². The molecule has 1 aromatic heterocycles. The standard InChI is InChI=1S/C22H23ClN4O3S/c1-4-11-27-21(30)18-10-5-15(23)12-19(18)26-22(27)31-13(2)20(29)25-17-8-6-16(7-9-17)24-14(3)28/h5-10,12-13H,4,11H2,1-3H3,(H,24,28)(H,25,29)/t13-/m1/s1. The molecule has 0 aliphatic rings. The van der Waals surface area contributed by atoms with Gasteiger partial charge in [-0.3, -0.25) is 19.0 Å². The fourth-order valence-corrected chi connectivity index (χ4v) is 4.08. The van der Waals surface area contributed by atoms with Gasteiger partial charge < -0.3 is 10.6 Å². The molecule has 2 amide bonds. The van der Waals surface area contributed by atoms with Gasteiger partial charge in [-0.2, -0.15) is 0 Å². The molecule has 0 radical (unpaired) electrons. The highest BCUT2D eigenvalue weighted by Gasteiger charge is 2.19. The van der Waals surface area contributed by atoms with Gasteiger partial charge in [0.25, 0.3) is 5.56 Å². The van der Waals surface area contributed by atoms with Crippen LogP contribution in [0, 0.1) is 0 Å². The molecule has 0 aliphatic carbocycles. The van der Waals surface area contributed by atoms with Crippen LogP contribution in [0.5, 0.6) is 0 Å². The molecule has 2 aromatic carbocycles. The molecular weight excluding hydrogens is 436 g/mol. The van der Waals surface area contributed by atoms with E-state index in [1.807, 2.05) is 6.92 Å². The fourth-order valence-electron chi connectivity index (χ4n) is 2.98. The average molecular weight is 459 g/mol. The Kier molecular flexibility index (Phi) is 7.35. The van der Waals surface area contributed by atoms with Crippen LogP contribution in [0.1, 0.15) is 27.2 Å². The van der Waals surface area contributed by atoms with Crippen LogP contribution in [0.3, 0.4) is 0 Å². The third-order valence-corrected chi connectivity index (χ3v) is 5.78. The number of nitrogens with zero attached hydrogens (tertiary/aromatic N) is 2. The van der Waals surface area contributed by atoms with Crippen molar-refractivity contribution in [3.63, 3.8) is 0 Å². The molecule has 1 atom stereocenters. The molecule has 0 aliphatic heterocycles. The van der Waals surface area contributed by atoms with E-state index in [0.29, 0.717) is 39.0 Å². The number of rotatable bonds is 7. The largest absolute Gasteiger partial charge is 0.326 e. The Balaban J connectivity index is 1.80. The topological polar surface area (TPSA) is 93.1 Å². The lowest BCUT2D eigenvalue weighted by molar-refractivity contribution is -0.115. The number of thioether (sulfide) groups is 1.